The molecule has 132 valence electrons. The van der Waals surface area contributed by atoms with Crippen LogP contribution in [-0.4, -0.2) is 17.9 Å². The Kier molecular flexibility index (Phi) is 8.37. The highest BCUT2D eigenvalue weighted by Gasteiger charge is 2.09. The maximum atomic E-state index is 6.03. The summed E-state index contributed by atoms with van der Waals surface area (Å²) in [6, 6.07) is 12.4. The second kappa shape index (κ2) is 10.3. The fourth-order valence-corrected chi connectivity index (χ4v) is 4.44. The monoisotopic (exact) mass is 579 g/mol. The van der Waals surface area contributed by atoms with E-state index in [2.05, 4.69) is 86.1 Å². The number of rotatable bonds is 6. The van der Waals surface area contributed by atoms with Crippen LogP contribution in [0.3, 0.4) is 0 Å². The zero-order valence-corrected chi connectivity index (χ0v) is 19.1. The van der Waals surface area contributed by atoms with Gasteiger partial charge in [0.2, 0.25) is 0 Å². The van der Waals surface area contributed by atoms with Crippen molar-refractivity contribution in [1.82, 2.24) is 10.7 Å². The number of nitrogens with one attached hydrogen (secondary N) is 2. The first kappa shape index (κ1) is 20.4. The third-order valence-corrected chi connectivity index (χ3v) is 5.04. The molecule has 2 N–H and O–H groups in total. The van der Waals surface area contributed by atoms with E-state index in [1.165, 1.54) is 11.1 Å². The van der Waals surface area contributed by atoms with Crippen LogP contribution in [0.2, 0.25) is 0 Å². The van der Waals surface area contributed by atoms with Crippen molar-refractivity contribution < 1.29 is 4.74 Å². The molecule has 0 saturated heterocycles. The zero-order valence-electron chi connectivity index (χ0n) is 14.0. The Balaban J connectivity index is 2.04. The summed E-state index contributed by atoms with van der Waals surface area (Å²) in [6.45, 7) is 5.39. The van der Waals surface area contributed by atoms with Crippen molar-refractivity contribution in [3.63, 3.8) is 0 Å². The van der Waals surface area contributed by atoms with Gasteiger partial charge in [-0.3, -0.25) is 5.43 Å². The molecule has 0 spiro atoms. The van der Waals surface area contributed by atoms with Crippen LogP contribution in [0.15, 0.2) is 41.5 Å². The van der Waals surface area contributed by atoms with Crippen molar-refractivity contribution >= 4 is 68.7 Å². The van der Waals surface area contributed by atoms with Gasteiger partial charge in [0.25, 0.3) is 0 Å². The van der Waals surface area contributed by atoms with Crippen molar-refractivity contribution in [1.29, 1.82) is 0 Å². The number of nitrogens with zero attached hydrogens (tertiary/aromatic N) is 1. The lowest BCUT2D eigenvalue weighted by molar-refractivity contribution is 0.301. The molecular weight excluding hydrogens is 560 g/mol. The van der Waals surface area contributed by atoms with E-state index in [1.54, 1.807) is 6.21 Å². The Hall–Kier alpha value is -0.940. The third kappa shape index (κ3) is 6.70. The highest BCUT2D eigenvalue weighted by atomic mass is 127. The summed E-state index contributed by atoms with van der Waals surface area (Å²) >= 11 is 9.65. The van der Waals surface area contributed by atoms with Crippen molar-refractivity contribution in [3.8, 4) is 5.75 Å². The van der Waals surface area contributed by atoms with E-state index in [0.29, 0.717) is 11.7 Å². The number of benzene rings is 2. The van der Waals surface area contributed by atoms with Crippen LogP contribution in [0.1, 0.15) is 23.6 Å². The number of hydrazone groups is 1. The van der Waals surface area contributed by atoms with Crippen LogP contribution in [0.5, 0.6) is 5.75 Å². The lowest BCUT2D eigenvalue weighted by Gasteiger charge is -2.12. The molecular formula is C18H19I2N3OS. The normalized spacial score (nSPS) is 10.7. The van der Waals surface area contributed by atoms with Gasteiger partial charge in [0.1, 0.15) is 12.4 Å². The first-order valence-corrected chi connectivity index (χ1v) is 10.3. The van der Waals surface area contributed by atoms with Crippen molar-refractivity contribution in [3.05, 3.63) is 60.2 Å². The molecule has 0 bridgehead atoms. The van der Waals surface area contributed by atoms with E-state index in [4.69, 9.17) is 17.0 Å². The summed E-state index contributed by atoms with van der Waals surface area (Å²) in [7, 11) is 0. The van der Waals surface area contributed by atoms with Crippen molar-refractivity contribution in [2.24, 2.45) is 5.10 Å². The Morgan fingerprint density at radius 1 is 1.24 bits per heavy atom. The van der Waals surface area contributed by atoms with Crippen molar-refractivity contribution in [2.75, 3.05) is 6.54 Å². The summed E-state index contributed by atoms with van der Waals surface area (Å²) in [5, 5.41) is 7.65. The summed E-state index contributed by atoms with van der Waals surface area (Å²) < 4.78 is 8.13. The molecule has 0 aliphatic carbocycles. The van der Waals surface area contributed by atoms with Gasteiger partial charge < -0.3 is 10.1 Å². The molecule has 0 unspecified atom stereocenters. The molecule has 0 saturated carbocycles. The number of aryl methyl sites for hydroxylation is 1. The molecule has 2 aromatic rings. The van der Waals surface area contributed by atoms with Gasteiger partial charge in [-0.05, 0) is 94.5 Å². The topological polar surface area (TPSA) is 45.7 Å². The average molecular weight is 579 g/mol. The Labute approximate surface area is 181 Å². The van der Waals surface area contributed by atoms with Crippen LogP contribution in [0.25, 0.3) is 0 Å². The van der Waals surface area contributed by atoms with Gasteiger partial charge in [-0.25, -0.2) is 0 Å². The van der Waals surface area contributed by atoms with Crippen LogP contribution in [0.4, 0.5) is 0 Å². The van der Waals surface area contributed by atoms with Crippen LogP contribution in [-0.2, 0) is 6.61 Å². The maximum Gasteiger partial charge on any atom is 0.186 e. The molecule has 2 rings (SSSR count). The first-order chi connectivity index (χ1) is 12.0. The van der Waals surface area contributed by atoms with Gasteiger partial charge >= 0.3 is 0 Å². The van der Waals surface area contributed by atoms with E-state index < -0.39 is 0 Å². The minimum absolute atomic E-state index is 0.515. The number of hydrogen-bond donors (Lipinski definition) is 2. The predicted molar refractivity (Wildman–Crippen MR) is 124 cm³/mol. The fourth-order valence-electron chi connectivity index (χ4n) is 2.11. The summed E-state index contributed by atoms with van der Waals surface area (Å²) in [5.41, 5.74) is 6.18. The molecule has 0 radical (unpaired) electrons. The number of halogens is 2. The van der Waals surface area contributed by atoms with E-state index in [1.807, 2.05) is 25.1 Å². The van der Waals surface area contributed by atoms with Crippen LogP contribution >= 0.6 is 57.4 Å². The van der Waals surface area contributed by atoms with Gasteiger partial charge in [0.15, 0.2) is 5.11 Å². The Bertz CT molecular complexity index is 758. The van der Waals surface area contributed by atoms with Crippen molar-refractivity contribution in [2.45, 2.75) is 20.5 Å². The highest BCUT2D eigenvalue weighted by Crippen LogP contribution is 2.29. The molecule has 0 aliphatic rings. The van der Waals surface area contributed by atoms with E-state index >= 15 is 0 Å². The second-order valence-corrected chi connectivity index (χ2v) is 8.05. The van der Waals surface area contributed by atoms with Gasteiger partial charge in [-0.15, -0.1) is 0 Å². The van der Waals surface area contributed by atoms with Crippen LogP contribution < -0.4 is 15.5 Å². The molecule has 4 nitrogen and oxygen atoms in total. The third-order valence-electron chi connectivity index (χ3n) is 3.20. The van der Waals surface area contributed by atoms with Gasteiger partial charge in [0, 0.05) is 6.54 Å². The number of hydrogen-bond acceptors (Lipinski definition) is 3. The smallest absolute Gasteiger partial charge is 0.186 e. The SMILES string of the molecule is CCNC(=S)N/N=C\c1cc(I)c(OCc2cccc(C)c2)c(I)c1. The molecule has 0 fully saturated rings. The Morgan fingerprint density at radius 2 is 1.96 bits per heavy atom. The molecule has 25 heavy (non-hydrogen) atoms. The average Bonchev–Trinajstić information content (AvgIpc) is 2.54. The lowest BCUT2D eigenvalue weighted by Crippen LogP contribution is -2.31. The molecule has 0 amide bonds. The van der Waals surface area contributed by atoms with Crippen LogP contribution in [0, 0.1) is 14.1 Å². The molecule has 0 heterocycles. The van der Waals surface area contributed by atoms with E-state index in [0.717, 1.165) is 25.0 Å². The molecule has 7 heteroatoms. The number of thiocarbonyl (C=S) groups is 1. The largest absolute Gasteiger partial charge is 0.487 e. The molecule has 0 atom stereocenters. The van der Waals surface area contributed by atoms with Gasteiger partial charge in [-0.1, -0.05) is 29.8 Å². The minimum atomic E-state index is 0.515. The quantitative estimate of drug-likeness (QED) is 0.228. The maximum absolute atomic E-state index is 6.03. The van der Waals surface area contributed by atoms with E-state index in [9.17, 15) is 0 Å². The highest BCUT2D eigenvalue weighted by molar-refractivity contribution is 14.1. The second-order valence-electron chi connectivity index (χ2n) is 5.32. The van der Waals surface area contributed by atoms with Gasteiger partial charge in [-0.2, -0.15) is 5.10 Å². The van der Waals surface area contributed by atoms with Gasteiger partial charge in [0.05, 0.1) is 13.4 Å². The molecule has 2 aromatic carbocycles. The summed E-state index contributed by atoms with van der Waals surface area (Å²) in [5.74, 6) is 0.899. The first-order valence-electron chi connectivity index (χ1n) is 7.74. The predicted octanol–water partition coefficient (Wildman–Crippen LogP) is 4.60. The minimum Gasteiger partial charge on any atom is -0.487 e. The summed E-state index contributed by atoms with van der Waals surface area (Å²) in [6.07, 6.45) is 1.75. The lowest BCUT2D eigenvalue weighted by atomic mass is 10.1. The van der Waals surface area contributed by atoms with E-state index in [-0.39, 0.29) is 0 Å². The summed E-state index contributed by atoms with van der Waals surface area (Å²) in [4.78, 5) is 0. The standard InChI is InChI=1S/C18H19I2N3OS/c1-3-21-18(25)23-22-10-14-8-15(19)17(16(20)9-14)24-11-13-6-4-5-12(2)7-13/h4-10H,3,11H2,1-2H3,(H2,21,23,25)/b22-10-. The molecule has 0 aliphatic heterocycles. The molecule has 0 aromatic heterocycles. The zero-order chi connectivity index (χ0) is 18.2. The Morgan fingerprint density at radius 3 is 2.60 bits per heavy atom. The number of ether oxygens (including phenoxy) is 1. The fraction of sp³-hybridized carbons (Fsp3) is 0.222.